The number of aromatic hydroxyl groups is 1. The molecule has 5 rings (SSSR count). The Kier molecular flexibility index (Phi) is 5.28. The second kappa shape index (κ2) is 8.02. The number of nitrogens with one attached hydrogen (secondary N) is 2. The number of hydrogen-bond donors (Lipinski definition) is 3. The summed E-state index contributed by atoms with van der Waals surface area (Å²) in [5.74, 6) is 1.62. The van der Waals surface area contributed by atoms with Crippen LogP contribution in [-0.2, 0) is 11.2 Å². The SMILES string of the molecule is Cc1cc2c(o1)C(Nc1c(Nc3ccnc(C4CCCOC4)c3O)c(=O)c1=O)C(C)(C)CC2. The first-order valence-corrected chi connectivity index (χ1v) is 11.5. The highest BCUT2D eigenvalue weighted by Gasteiger charge is 2.40. The summed E-state index contributed by atoms with van der Waals surface area (Å²) in [5, 5.41) is 17.1. The molecule has 0 saturated carbocycles. The summed E-state index contributed by atoms with van der Waals surface area (Å²) in [5.41, 5.74) is 1.02. The van der Waals surface area contributed by atoms with E-state index in [0.29, 0.717) is 24.6 Å². The van der Waals surface area contributed by atoms with Gasteiger partial charge >= 0.3 is 0 Å². The first-order valence-electron chi connectivity index (χ1n) is 11.5. The lowest BCUT2D eigenvalue weighted by atomic mass is 9.73. The number of pyridine rings is 1. The second-order valence-corrected chi connectivity index (χ2v) is 9.85. The fourth-order valence-corrected chi connectivity index (χ4v) is 5.00. The van der Waals surface area contributed by atoms with E-state index in [-0.39, 0.29) is 34.5 Å². The molecule has 33 heavy (non-hydrogen) atoms. The van der Waals surface area contributed by atoms with Crippen molar-refractivity contribution in [3.63, 3.8) is 0 Å². The minimum absolute atomic E-state index is 0.00514. The molecule has 2 unspecified atom stereocenters. The average molecular weight is 452 g/mol. The minimum Gasteiger partial charge on any atom is -0.504 e. The van der Waals surface area contributed by atoms with Gasteiger partial charge in [-0.25, -0.2) is 0 Å². The number of anilines is 3. The first-order chi connectivity index (χ1) is 15.8. The highest BCUT2D eigenvalue weighted by molar-refractivity contribution is 5.81. The molecule has 174 valence electrons. The largest absolute Gasteiger partial charge is 0.504 e. The van der Waals surface area contributed by atoms with Crippen LogP contribution in [0.4, 0.5) is 17.1 Å². The molecule has 3 aromatic rings. The summed E-state index contributed by atoms with van der Waals surface area (Å²) < 4.78 is 11.5. The molecule has 1 fully saturated rings. The Labute approximate surface area is 191 Å². The Balaban J connectivity index is 1.45. The third-order valence-corrected chi connectivity index (χ3v) is 7.01. The standard InChI is InChI=1S/C25H29N3O5/c1-13-11-14-6-8-25(2,3)24(23(14)33-13)28-19-18(21(30)22(19)31)27-16-7-9-26-17(20(16)29)15-5-4-10-32-12-15/h7,9,11,15,24,28-29H,4-6,8,10,12H2,1-3H3,(H,26,27). The zero-order chi connectivity index (χ0) is 23.3. The molecular weight excluding hydrogens is 422 g/mol. The number of fused-ring (bicyclic) bond motifs is 1. The summed E-state index contributed by atoms with van der Waals surface area (Å²) >= 11 is 0. The minimum atomic E-state index is -0.610. The molecular formula is C25H29N3O5. The van der Waals surface area contributed by atoms with Crippen molar-refractivity contribution >= 4 is 17.1 Å². The van der Waals surface area contributed by atoms with Gasteiger partial charge in [-0.2, -0.15) is 0 Å². The van der Waals surface area contributed by atoms with E-state index >= 15 is 0 Å². The van der Waals surface area contributed by atoms with Crippen LogP contribution in [0.2, 0.25) is 0 Å². The van der Waals surface area contributed by atoms with Crippen molar-refractivity contribution in [2.24, 2.45) is 5.41 Å². The van der Waals surface area contributed by atoms with Crippen molar-refractivity contribution in [3.8, 4) is 5.75 Å². The zero-order valence-electron chi connectivity index (χ0n) is 19.2. The Morgan fingerprint density at radius 1 is 1.21 bits per heavy atom. The van der Waals surface area contributed by atoms with Gasteiger partial charge in [0.2, 0.25) is 0 Å². The average Bonchev–Trinajstić information content (AvgIpc) is 3.18. The maximum absolute atomic E-state index is 12.5. The molecule has 0 radical (unpaired) electrons. The van der Waals surface area contributed by atoms with E-state index in [1.807, 2.05) is 13.0 Å². The van der Waals surface area contributed by atoms with Crippen molar-refractivity contribution in [2.45, 2.75) is 58.4 Å². The molecule has 2 aromatic heterocycles. The number of rotatable bonds is 5. The van der Waals surface area contributed by atoms with Gasteiger partial charge in [-0.05, 0) is 55.7 Å². The van der Waals surface area contributed by atoms with Gasteiger partial charge in [0, 0.05) is 18.7 Å². The van der Waals surface area contributed by atoms with Crippen LogP contribution >= 0.6 is 0 Å². The lowest BCUT2D eigenvalue weighted by molar-refractivity contribution is 0.0785. The molecule has 2 atom stereocenters. The van der Waals surface area contributed by atoms with Crippen LogP contribution in [0.25, 0.3) is 0 Å². The lowest BCUT2D eigenvalue weighted by Gasteiger charge is -2.38. The van der Waals surface area contributed by atoms with Gasteiger partial charge < -0.3 is 24.9 Å². The quantitative estimate of drug-likeness (QED) is 0.498. The predicted octanol–water partition coefficient (Wildman–Crippen LogP) is 4.05. The molecule has 3 N–H and O–H groups in total. The van der Waals surface area contributed by atoms with Crippen LogP contribution in [0, 0.1) is 12.3 Å². The molecule has 1 aliphatic heterocycles. The van der Waals surface area contributed by atoms with Crippen molar-refractivity contribution < 1.29 is 14.3 Å². The predicted molar refractivity (Wildman–Crippen MR) is 125 cm³/mol. The first kappa shape index (κ1) is 21.7. The third kappa shape index (κ3) is 3.72. The van der Waals surface area contributed by atoms with E-state index in [4.69, 9.17) is 9.15 Å². The Morgan fingerprint density at radius 3 is 2.76 bits per heavy atom. The van der Waals surface area contributed by atoms with Gasteiger partial charge in [0.15, 0.2) is 5.75 Å². The number of hydrogen-bond acceptors (Lipinski definition) is 8. The summed E-state index contributed by atoms with van der Waals surface area (Å²) in [7, 11) is 0. The molecule has 0 spiro atoms. The number of nitrogens with zero attached hydrogens (tertiary/aromatic N) is 1. The molecule has 0 bridgehead atoms. The molecule has 1 aromatic carbocycles. The molecule has 0 amide bonds. The van der Waals surface area contributed by atoms with Gasteiger partial charge in [0.05, 0.1) is 24.0 Å². The second-order valence-electron chi connectivity index (χ2n) is 9.85. The third-order valence-electron chi connectivity index (χ3n) is 7.01. The summed E-state index contributed by atoms with van der Waals surface area (Å²) in [6, 6.07) is 3.38. The van der Waals surface area contributed by atoms with Crippen LogP contribution in [-0.4, -0.2) is 23.3 Å². The monoisotopic (exact) mass is 451 g/mol. The van der Waals surface area contributed by atoms with E-state index in [0.717, 1.165) is 42.8 Å². The van der Waals surface area contributed by atoms with Gasteiger partial charge in [-0.3, -0.25) is 14.6 Å². The van der Waals surface area contributed by atoms with Crippen LogP contribution in [0.3, 0.4) is 0 Å². The summed E-state index contributed by atoms with van der Waals surface area (Å²) in [4.78, 5) is 29.3. The molecule has 2 aliphatic rings. The lowest BCUT2D eigenvalue weighted by Crippen LogP contribution is -2.41. The molecule has 1 saturated heterocycles. The molecule has 8 heteroatoms. The van der Waals surface area contributed by atoms with Crippen molar-refractivity contribution in [2.75, 3.05) is 23.8 Å². The van der Waals surface area contributed by atoms with E-state index in [2.05, 4.69) is 29.5 Å². The number of aromatic nitrogens is 1. The molecule has 3 heterocycles. The maximum Gasteiger partial charge on any atom is 0.253 e. The topological polar surface area (TPSA) is 114 Å². The van der Waals surface area contributed by atoms with E-state index in [1.165, 1.54) is 0 Å². The van der Waals surface area contributed by atoms with Crippen LogP contribution in [0.1, 0.15) is 67.8 Å². The van der Waals surface area contributed by atoms with Crippen molar-refractivity contribution in [3.05, 3.63) is 61.6 Å². The number of aryl methyl sites for hydroxylation is 2. The summed E-state index contributed by atoms with van der Waals surface area (Å²) in [6.45, 7) is 7.36. The van der Waals surface area contributed by atoms with Gasteiger partial charge in [0.1, 0.15) is 22.9 Å². The zero-order valence-corrected chi connectivity index (χ0v) is 19.2. The van der Waals surface area contributed by atoms with E-state index in [1.54, 1.807) is 12.3 Å². The van der Waals surface area contributed by atoms with E-state index in [9.17, 15) is 14.7 Å². The normalized spacial score (nSPS) is 22.2. The van der Waals surface area contributed by atoms with Crippen LogP contribution in [0.5, 0.6) is 5.75 Å². The van der Waals surface area contributed by atoms with Gasteiger partial charge in [0.25, 0.3) is 10.9 Å². The van der Waals surface area contributed by atoms with Gasteiger partial charge in [-0.1, -0.05) is 13.8 Å². The Morgan fingerprint density at radius 2 is 2.00 bits per heavy atom. The summed E-state index contributed by atoms with van der Waals surface area (Å²) in [6.07, 6.45) is 5.20. The van der Waals surface area contributed by atoms with Crippen molar-refractivity contribution in [1.29, 1.82) is 0 Å². The van der Waals surface area contributed by atoms with Crippen LogP contribution in [0.15, 0.2) is 32.3 Å². The fraction of sp³-hybridized carbons (Fsp3) is 0.480. The smallest absolute Gasteiger partial charge is 0.253 e. The van der Waals surface area contributed by atoms with Crippen molar-refractivity contribution in [1.82, 2.24) is 4.98 Å². The van der Waals surface area contributed by atoms with E-state index < -0.39 is 10.9 Å². The number of furan rings is 1. The Hall–Kier alpha value is -3.13. The fourth-order valence-electron chi connectivity index (χ4n) is 5.00. The van der Waals surface area contributed by atoms with Crippen LogP contribution < -0.4 is 21.5 Å². The maximum atomic E-state index is 12.5. The van der Waals surface area contributed by atoms with Gasteiger partial charge in [-0.15, -0.1) is 0 Å². The highest BCUT2D eigenvalue weighted by atomic mass is 16.5. The number of ether oxygens (including phenoxy) is 1. The molecule has 1 aliphatic carbocycles. The Bertz CT molecular complexity index is 1260. The highest BCUT2D eigenvalue weighted by Crippen LogP contribution is 2.47. The molecule has 8 nitrogen and oxygen atoms in total.